The van der Waals surface area contributed by atoms with E-state index in [2.05, 4.69) is 20.8 Å². The molecule has 2 N–H and O–H groups in total. The van der Waals surface area contributed by atoms with Gasteiger partial charge in [0.1, 0.15) is 11.9 Å². The summed E-state index contributed by atoms with van der Waals surface area (Å²) in [5.41, 5.74) is 1.20. The Morgan fingerprint density at radius 3 is 2.55 bits per heavy atom. The van der Waals surface area contributed by atoms with Gasteiger partial charge < -0.3 is 15.2 Å². The number of nitrogens with zero attached hydrogens (tertiary/aromatic N) is 2. The van der Waals surface area contributed by atoms with E-state index >= 15 is 0 Å². The number of aromatic nitrogens is 2. The summed E-state index contributed by atoms with van der Waals surface area (Å²) in [6.45, 7) is 2.13. The van der Waals surface area contributed by atoms with E-state index in [1.54, 1.807) is 43.3 Å². The highest BCUT2D eigenvalue weighted by atomic mass is 19.1. The van der Waals surface area contributed by atoms with Crippen molar-refractivity contribution in [1.29, 1.82) is 0 Å². The minimum absolute atomic E-state index is 0.168. The molecule has 0 spiro atoms. The maximum absolute atomic E-state index is 13.0. The van der Waals surface area contributed by atoms with Gasteiger partial charge in [0.15, 0.2) is 0 Å². The Morgan fingerprint density at radius 2 is 1.83 bits per heavy atom. The molecule has 3 rings (SSSR count). The molecule has 0 aliphatic heterocycles. The molecule has 29 heavy (non-hydrogen) atoms. The molecule has 1 aromatic heterocycles. The van der Waals surface area contributed by atoms with Gasteiger partial charge in [0.25, 0.3) is 5.91 Å². The first-order valence-corrected chi connectivity index (χ1v) is 9.25. The second kappa shape index (κ2) is 9.59. The fraction of sp³-hybridized carbons (Fsp3) is 0.238. The molecular formula is C21H21FN4O3. The molecule has 150 valence electrons. The quantitative estimate of drug-likeness (QED) is 0.570. The summed E-state index contributed by atoms with van der Waals surface area (Å²) in [5.74, 6) is -0.121. The van der Waals surface area contributed by atoms with Crippen molar-refractivity contribution >= 4 is 11.8 Å². The summed E-state index contributed by atoms with van der Waals surface area (Å²) in [4.78, 5) is 28.3. The maximum atomic E-state index is 13.0. The molecule has 0 radical (unpaired) electrons. The van der Waals surface area contributed by atoms with Crippen LogP contribution in [0.5, 0.6) is 0 Å². The molecule has 0 saturated heterocycles. The summed E-state index contributed by atoms with van der Waals surface area (Å²) < 4.78 is 18.2. The van der Waals surface area contributed by atoms with Gasteiger partial charge >= 0.3 is 0 Å². The van der Waals surface area contributed by atoms with Gasteiger partial charge in [-0.1, -0.05) is 23.4 Å². The summed E-state index contributed by atoms with van der Waals surface area (Å²) in [6, 6.07) is 14.2. The number of benzene rings is 2. The van der Waals surface area contributed by atoms with Crippen LogP contribution in [0.2, 0.25) is 0 Å². The second-order valence-electron chi connectivity index (χ2n) is 6.48. The van der Waals surface area contributed by atoms with Gasteiger partial charge in [-0.05, 0) is 49.7 Å². The van der Waals surface area contributed by atoms with Gasteiger partial charge in [0.2, 0.25) is 17.6 Å². The van der Waals surface area contributed by atoms with Gasteiger partial charge in [0, 0.05) is 24.1 Å². The zero-order valence-electron chi connectivity index (χ0n) is 15.9. The molecule has 7 nitrogen and oxygen atoms in total. The van der Waals surface area contributed by atoms with Crippen molar-refractivity contribution in [3.05, 3.63) is 71.9 Å². The van der Waals surface area contributed by atoms with Crippen molar-refractivity contribution < 1.29 is 18.5 Å². The number of carbonyl (C=O) groups excluding carboxylic acids is 2. The van der Waals surface area contributed by atoms with Crippen molar-refractivity contribution in [2.75, 3.05) is 6.54 Å². The van der Waals surface area contributed by atoms with Crippen LogP contribution in [-0.2, 0) is 4.79 Å². The van der Waals surface area contributed by atoms with Gasteiger partial charge in [-0.25, -0.2) is 4.39 Å². The van der Waals surface area contributed by atoms with E-state index in [4.69, 9.17) is 4.52 Å². The lowest BCUT2D eigenvalue weighted by atomic mass is 10.2. The SMILES string of the molecule is CC(NC(=O)CCCNC(=O)c1ccccc1)c1nc(-c2ccc(F)cc2)no1. The first-order chi connectivity index (χ1) is 14.0. The largest absolute Gasteiger partial charge is 0.352 e. The standard InChI is InChI=1S/C21H21FN4O3/c1-14(21-25-19(26-29-21)15-9-11-17(22)12-10-15)24-18(27)8-5-13-23-20(28)16-6-3-2-4-7-16/h2-4,6-7,9-12,14H,5,8,13H2,1H3,(H,23,28)(H,24,27). The third-order valence-corrected chi connectivity index (χ3v) is 4.19. The normalized spacial score (nSPS) is 11.7. The highest BCUT2D eigenvalue weighted by Crippen LogP contribution is 2.19. The Balaban J connectivity index is 1.42. The van der Waals surface area contributed by atoms with E-state index in [0.29, 0.717) is 29.9 Å². The summed E-state index contributed by atoms with van der Waals surface area (Å²) in [6.07, 6.45) is 0.750. The molecule has 3 aromatic rings. The summed E-state index contributed by atoms with van der Waals surface area (Å²) in [7, 11) is 0. The molecule has 1 heterocycles. The number of hydrogen-bond acceptors (Lipinski definition) is 5. The maximum Gasteiger partial charge on any atom is 0.251 e. The number of amides is 2. The molecule has 0 aliphatic carbocycles. The highest BCUT2D eigenvalue weighted by Gasteiger charge is 2.17. The monoisotopic (exact) mass is 396 g/mol. The fourth-order valence-corrected chi connectivity index (χ4v) is 2.65. The molecule has 2 aromatic carbocycles. The lowest BCUT2D eigenvalue weighted by Gasteiger charge is -2.10. The fourth-order valence-electron chi connectivity index (χ4n) is 2.65. The van der Waals surface area contributed by atoms with Gasteiger partial charge in [-0.2, -0.15) is 4.98 Å². The molecule has 0 saturated carbocycles. The summed E-state index contributed by atoms with van der Waals surface area (Å²) >= 11 is 0. The molecule has 0 fully saturated rings. The third-order valence-electron chi connectivity index (χ3n) is 4.19. The van der Waals surface area contributed by atoms with Gasteiger partial charge in [-0.15, -0.1) is 0 Å². The van der Waals surface area contributed by atoms with Crippen LogP contribution in [0, 0.1) is 5.82 Å². The predicted octanol–water partition coefficient (Wildman–Crippen LogP) is 3.26. The number of rotatable bonds is 8. The van der Waals surface area contributed by atoms with Crippen LogP contribution in [0.3, 0.4) is 0 Å². The first-order valence-electron chi connectivity index (χ1n) is 9.25. The Kier molecular flexibility index (Phi) is 6.67. The van der Waals surface area contributed by atoms with Crippen LogP contribution in [0.1, 0.15) is 42.1 Å². The van der Waals surface area contributed by atoms with Gasteiger partial charge in [-0.3, -0.25) is 9.59 Å². The molecule has 1 unspecified atom stereocenters. The number of hydrogen-bond donors (Lipinski definition) is 2. The van der Waals surface area contributed by atoms with Crippen molar-refractivity contribution in [2.45, 2.75) is 25.8 Å². The highest BCUT2D eigenvalue weighted by molar-refractivity contribution is 5.94. The molecule has 0 aliphatic rings. The van der Waals surface area contributed by atoms with E-state index in [0.717, 1.165) is 0 Å². The Morgan fingerprint density at radius 1 is 1.10 bits per heavy atom. The van der Waals surface area contributed by atoms with Crippen molar-refractivity contribution in [1.82, 2.24) is 20.8 Å². The van der Waals surface area contributed by atoms with Gasteiger partial charge in [0.05, 0.1) is 0 Å². The van der Waals surface area contributed by atoms with Crippen molar-refractivity contribution in [3.63, 3.8) is 0 Å². The molecule has 1 atom stereocenters. The van der Waals surface area contributed by atoms with Crippen LogP contribution in [0.4, 0.5) is 4.39 Å². The Labute approximate surface area is 167 Å². The smallest absolute Gasteiger partial charge is 0.251 e. The van der Waals surface area contributed by atoms with E-state index in [-0.39, 0.29) is 29.9 Å². The Bertz CT molecular complexity index is 958. The number of halogens is 1. The molecule has 8 heteroatoms. The molecule has 2 amide bonds. The first kappa shape index (κ1) is 20.2. The van der Waals surface area contributed by atoms with Crippen LogP contribution in [0.15, 0.2) is 59.1 Å². The minimum Gasteiger partial charge on any atom is -0.352 e. The topological polar surface area (TPSA) is 97.1 Å². The van der Waals surface area contributed by atoms with Crippen LogP contribution in [-0.4, -0.2) is 28.5 Å². The Hall–Kier alpha value is -3.55. The van der Waals surface area contributed by atoms with Crippen molar-refractivity contribution in [2.24, 2.45) is 0 Å². The summed E-state index contributed by atoms with van der Waals surface area (Å²) in [5, 5.41) is 9.42. The molecular weight excluding hydrogens is 375 g/mol. The van der Waals surface area contributed by atoms with E-state index in [9.17, 15) is 14.0 Å². The van der Waals surface area contributed by atoms with E-state index < -0.39 is 6.04 Å². The van der Waals surface area contributed by atoms with E-state index in [1.165, 1.54) is 12.1 Å². The van der Waals surface area contributed by atoms with Crippen LogP contribution in [0.25, 0.3) is 11.4 Å². The van der Waals surface area contributed by atoms with Crippen molar-refractivity contribution in [3.8, 4) is 11.4 Å². The van der Waals surface area contributed by atoms with E-state index in [1.807, 2.05) is 6.07 Å². The minimum atomic E-state index is -0.469. The second-order valence-corrected chi connectivity index (χ2v) is 6.48. The lowest BCUT2D eigenvalue weighted by Crippen LogP contribution is -2.29. The predicted molar refractivity (Wildman–Crippen MR) is 104 cm³/mol. The average Bonchev–Trinajstić information content (AvgIpc) is 3.22. The van der Waals surface area contributed by atoms with Crippen LogP contribution < -0.4 is 10.6 Å². The zero-order chi connectivity index (χ0) is 20.6. The number of carbonyl (C=O) groups is 2. The molecule has 0 bridgehead atoms. The van der Waals surface area contributed by atoms with Crippen LogP contribution >= 0.6 is 0 Å². The third kappa shape index (κ3) is 5.71. The lowest BCUT2D eigenvalue weighted by molar-refractivity contribution is -0.122. The number of nitrogens with one attached hydrogen (secondary N) is 2. The average molecular weight is 396 g/mol. The zero-order valence-corrected chi connectivity index (χ0v) is 15.9.